The molecule has 0 radical (unpaired) electrons. The average molecular weight is 650 g/mol. The fraction of sp³-hybridized carbons (Fsp3) is 0.233. The zero-order valence-corrected chi connectivity index (χ0v) is 25.0. The second-order valence-electron chi connectivity index (χ2n) is 10.6. The first-order chi connectivity index (χ1) is 21.6. The van der Waals surface area contributed by atoms with E-state index in [0.29, 0.717) is 51.5 Å². The normalized spacial score (nSPS) is 16.8. The Morgan fingerprint density at radius 3 is 2.64 bits per heavy atom. The number of fused-ring (bicyclic) bond motifs is 4. The van der Waals surface area contributed by atoms with Gasteiger partial charge in [-0.3, -0.25) is 14.2 Å². The Hall–Kier alpha value is -4.93. The topological polar surface area (TPSA) is 136 Å². The van der Waals surface area contributed by atoms with Crippen LogP contribution in [0.3, 0.4) is 0 Å². The molecule has 6 rings (SSSR count). The molecule has 1 aliphatic rings. The van der Waals surface area contributed by atoms with Gasteiger partial charge < -0.3 is 5.32 Å². The molecule has 0 aliphatic carbocycles. The minimum Gasteiger partial charge on any atom is -0.323 e. The van der Waals surface area contributed by atoms with Crippen LogP contribution >= 0.6 is 23.2 Å². The van der Waals surface area contributed by atoms with E-state index >= 15 is 0 Å². The van der Waals surface area contributed by atoms with Crippen molar-refractivity contribution >= 4 is 34.8 Å². The average Bonchev–Trinajstić information content (AvgIpc) is 3.65. The van der Waals surface area contributed by atoms with Crippen molar-refractivity contribution in [1.29, 1.82) is 5.26 Å². The number of nitrogens with zero attached hydrogens (tertiary/aromatic N) is 8. The number of hydrogen-bond acceptors (Lipinski definition) is 7. The van der Waals surface area contributed by atoms with Crippen LogP contribution in [-0.4, -0.2) is 40.2 Å². The van der Waals surface area contributed by atoms with E-state index in [2.05, 4.69) is 31.8 Å². The Morgan fingerprint density at radius 2 is 1.93 bits per heavy atom. The summed E-state index contributed by atoms with van der Waals surface area (Å²) in [7, 11) is 0. The molecule has 15 heteroatoms. The third-order valence-corrected chi connectivity index (χ3v) is 8.07. The van der Waals surface area contributed by atoms with E-state index in [1.807, 2.05) is 0 Å². The largest absolute Gasteiger partial charge is 0.333 e. The number of amides is 1. The maximum absolute atomic E-state index is 14.0. The molecule has 1 aliphatic heterocycles. The summed E-state index contributed by atoms with van der Waals surface area (Å²) in [6.45, 7) is -1.27. The Labute approximate surface area is 264 Å². The lowest BCUT2D eigenvalue weighted by atomic mass is 9.92. The van der Waals surface area contributed by atoms with Gasteiger partial charge in [0.1, 0.15) is 0 Å². The van der Waals surface area contributed by atoms with Crippen molar-refractivity contribution < 1.29 is 13.6 Å². The van der Waals surface area contributed by atoms with Crippen LogP contribution < -0.4 is 10.9 Å². The summed E-state index contributed by atoms with van der Waals surface area (Å²) in [6, 6.07) is 12.5. The quantitative estimate of drug-likeness (QED) is 0.242. The number of halogens is 4. The molecule has 1 amide bonds. The van der Waals surface area contributed by atoms with Crippen LogP contribution in [0.25, 0.3) is 28.2 Å². The van der Waals surface area contributed by atoms with E-state index in [1.165, 1.54) is 40.1 Å². The Kier molecular flexibility index (Phi) is 8.18. The molecular weight excluding hydrogens is 627 g/mol. The molecule has 2 aromatic carbocycles. The lowest BCUT2D eigenvalue weighted by Gasteiger charge is -2.23. The first-order valence-electron chi connectivity index (χ1n) is 13.8. The van der Waals surface area contributed by atoms with Gasteiger partial charge in [-0.15, -0.1) is 5.10 Å². The molecule has 0 saturated carbocycles. The van der Waals surface area contributed by atoms with Crippen LogP contribution in [0.2, 0.25) is 10.2 Å². The highest BCUT2D eigenvalue weighted by Gasteiger charge is 2.26. The van der Waals surface area contributed by atoms with Crippen molar-refractivity contribution in [2.45, 2.75) is 38.8 Å². The van der Waals surface area contributed by atoms with Gasteiger partial charge in [0.25, 0.3) is 5.56 Å². The van der Waals surface area contributed by atoms with Crippen LogP contribution in [-0.2, 0) is 4.79 Å². The first-order valence-corrected chi connectivity index (χ1v) is 14.6. The minimum absolute atomic E-state index is 0.0502. The summed E-state index contributed by atoms with van der Waals surface area (Å²) in [4.78, 5) is 31.3. The van der Waals surface area contributed by atoms with Gasteiger partial charge in [0.2, 0.25) is 5.91 Å². The van der Waals surface area contributed by atoms with E-state index < -0.39 is 24.1 Å². The third-order valence-electron chi connectivity index (χ3n) is 7.66. The number of nitrogens with one attached hydrogen (secondary N) is 1. The molecule has 2 bridgehead atoms. The highest BCUT2D eigenvalue weighted by Crippen LogP contribution is 2.36. The third kappa shape index (κ3) is 5.94. The van der Waals surface area contributed by atoms with Crippen LogP contribution in [0, 0.1) is 17.2 Å². The molecule has 0 saturated heterocycles. The Balaban J connectivity index is 1.49. The van der Waals surface area contributed by atoms with E-state index in [9.17, 15) is 23.6 Å². The second kappa shape index (κ2) is 12.2. The van der Waals surface area contributed by atoms with Gasteiger partial charge in [-0.1, -0.05) is 41.8 Å². The lowest BCUT2D eigenvalue weighted by molar-refractivity contribution is -0.119. The van der Waals surface area contributed by atoms with Gasteiger partial charge >= 0.3 is 6.55 Å². The molecule has 0 unspecified atom stereocenters. The van der Waals surface area contributed by atoms with Crippen molar-refractivity contribution in [3.05, 3.63) is 92.8 Å². The SMILES string of the molecule is C[C@@H]1CCC[C@H](n2cnc(-c3cc(Cl)ccc3-n3cc(Cl)nn3)cc2=O)c2cc(C#N)cc(c2)-c2c(cnn2C(F)F)NC1=O. The molecular formula is C30H23Cl2F2N9O2. The highest BCUT2D eigenvalue weighted by molar-refractivity contribution is 6.31. The highest BCUT2D eigenvalue weighted by atomic mass is 35.5. The Bertz CT molecular complexity index is 2030. The maximum atomic E-state index is 14.0. The molecule has 3 aromatic heterocycles. The van der Waals surface area contributed by atoms with E-state index in [-0.39, 0.29) is 33.6 Å². The van der Waals surface area contributed by atoms with Crippen molar-refractivity contribution in [2.24, 2.45) is 5.92 Å². The molecule has 11 nitrogen and oxygen atoms in total. The summed E-state index contributed by atoms with van der Waals surface area (Å²) >= 11 is 12.3. The molecule has 0 fully saturated rings. The van der Waals surface area contributed by atoms with Crippen molar-refractivity contribution in [3.8, 4) is 34.3 Å². The number of alkyl halides is 2. The van der Waals surface area contributed by atoms with Gasteiger partial charge in [0.05, 0.1) is 59.2 Å². The minimum atomic E-state index is -3.01. The van der Waals surface area contributed by atoms with Crippen LogP contribution in [0.4, 0.5) is 14.5 Å². The number of aromatic nitrogens is 7. The van der Waals surface area contributed by atoms with E-state index in [1.54, 1.807) is 37.3 Å². The zero-order chi connectivity index (χ0) is 31.8. The summed E-state index contributed by atoms with van der Waals surface area (Å²) in [5, 5.41) is 24.8. The number of benzene rings is 2. The number of rotatable bonds is 4. The molecule has 2 atom stereocenters. The monoisotopic (exact) mass is 649 g/mol. The number of hydrogen-bond donors (Lipinski definition) is 1. The fourth-order valence-corrected chi connectivity index (χ4v) is 5.77. The summed E-state index contributed by atoms with van der Waals surface area (Å²) in [5.41, 5.74) is 1.96. The fourth-order valence-electron chi connectivity index (χ4n) is 5.47. The number of anilines is 1. The van der Waals surface area contributed by atoms with Gasteiger partial charge in [0.15, 0.2) is 5.15 Å². The molecule has 4 heterocycles. The molecule has 45 heavy (non-hydrogen) atoms. The first kappa shape index (κ1) is 30.1. The molecule has 228 valence electrons. The second-order valence-corrected chi connectivity index (χ2v) is 11.4. The maximum Gasteiger partial charge on any atom is 0.333 e. The van der Waals surface area contributed by atoms with Gasteiger partial charge in [-0.25, -0.2) is 14.3 Å². The van der Waals surface area contributed by atoms with Gasteiger partial charge in [-0.05, 0) is 54.8 Å². The summed E-state index contributed by atoms with van der Waals surface area (Å²) in [5.74, 6) is -0.808. The van der Waals surface area contributed by atoms with Crippen molar-refractivity contribution in [3.63, 3.8) is 0 Å². The smallest absolute Gasteiger partial charge is 0.323 e. The van der Waals surface area contributed by atoms with E-state index in [4.69, 9.17) is 23.2 Å². The van der Waals surface area contributed by atoms with Gasteiger partial charge in [-0.2, -0.15) is 19.1 Å². The standard InChI is InChI=1S/C30H23Cl2F2N9O2/c1-16-3-2-4-24(18-7-17(12-35)8-19(9-18)28-23(38-29(16)45)13-37-43(28)30(33)34)41-15-36-22(11-27(41)44)21-10-20(31)5-6-25(21)42-14-26(32)39-40-42/h5-11,13-16,24,30H,2-4H2,1H3,(H,38,45)/t16-,24+/m1/s1. The number of carbonyl (C=O) groups is 1. The van der Waals surface area contributed by atoms with Crippen LogP contribution in [0.5, 0.6) is 0 Å². The predicted molar refractivity (Wildman–Crippen MR) is 162 cm³/mol. The zero-order valence-electron chi connectivity index (χ0n) is 23.5. The summed E-state index contributed by atoms with van der Waals surface area (Å²) in [6.07, 6.45) is 5.46. The van der Waals surface area contributed by atoms with Gasteiger partial charge in [0, 0.05) is 28.1 Å². The lowest BCUT2D eigenvalue weighted by Crippen LogP contribution is -2.27. The predicted octanol–water partition coefficient (Wildman–Crippen LogP) is 6.28. The van der Waals surface area contributed by atoms with Crippen molar-refractivity contribution in [1.82, 2.24) is 34.3 Å². The Morgan fingerprint density at radius 1 is 1.11 bits per heavy atom. The van der Waals surface area contributed by atoms with E-state index in [0.717, 1.165) is 0 Å². The summed E-state index contributed by atoms with van der Waals surface area (Å²) < 4.78 is 31.5. The molecule has 0 spiro atoms. The number of carbonyl (C=O) groups excluding carboxylic acids is 1. The molecule has 5 aromatic rings. The van der Waals surface area contributed by atoms with Crippen LogP contribution in [0.1, 0.15) is 49.9 Å². The van der Waals surface area contributed by atoms with Crippen LogP contribution in [0.15, 0.2) is 66.0 Å². The molecule has 1 N–H and O–H groups in total. The number of nitriles is 1. The van der Waals surface area contributed by atoms with Crippen molar-refractivity contribution in [2.75, 3.05) is 5.32 Å².